The van der Waals surface area contributed by atoms with Crippen LogP contribution in [0.25, 0.3) is 5.70 Å². The summed E-state index contributed by atoms with van der Waals surface area (Å²) in [6.07, 6.45) is 1.68. The Hall–Kier alpha value is -3.78. The Labute approximate surface area is 201 Å². The monoisotopic (exact) mass is 460 g/mol. The molecule has 4 rings (SSSR count). The number of piperazine rings is 1. The molecule has 0 radical (unpaired) electrons. The number of hydrogen-bond donors (Lipinski definition) is 1. The Morgan fingerprint density at radius 2 is 1.82 bits per heavy atom. The number of anilines is 2. The van der Waals surface area contributed by atoms with Crippen molar-refractivity contribution in [2.45, 2.75) is 6.61 Å². The topological polar surface area (TPSA) is 80.0 Å². The van der Waals surface area contributed by atoms with Crippen LogP contribution in [-0.2, 0) is 6.61 Å². The van der Waals surface area contributed by atoms with Crippen LogP contribution in [0.4, 0.5) is 11.6 Å². The highest BCUT2D eigenvalue weighted by molar-refractivity contribution is 5.60. The number of nitrogens with two attached hydrogens (primary N) is 1. The van der Waals surface area contributed by atoms with Crippen LogP contribution in [0.2, 0.25) is 0 Å². The van der Waals surface area contributed by atoms with Crippen molar-refractivity contribution in [2.24, 2.45) is 5.73 Å². The molecule has 1 aliphatic heterocycles. The van der Waals surface area contributed by atoms with Crippen LogP contribution in [0.5, 0.6) is 17.4 Å². The minimum absolute atomic E-state index is 0.364. The Balaban J connectivity index is 1.57. The SMILES string of the molecule is C=C(N)c1ccc(Oc2cnc(N3CCN(C)CC3)nc2OCc2cccc(N(C)C)c2)cc1. The molecule has 1 aromatic heterocycles. The standard InChI is InChI=1S/C26H32N6O2/c1-19(27)21-8-10-23(11-9-21)34-24-17-28-26(32-14-12-31(4)13-15-32)29-25(24)33-18-20-6-5-7-22(16-20)30(2)3/h5-11,16-17H,1,12-15,18,27H2,2-4H3. The van der Waals surface area contributed by atoms with Gasteiger partial charge in [0.25, 0.3) is 5.88 Å². The number of ether oxygens (including phenoxy) is 2. The van der Waals surface area contributed by atoms with Gasteiger partial charge in [-0.15, -0.1) is 0 Å². The molecule has 1 fully saturated rings. The van der Waals surface area contributed by atoms with Gasteiger partial charge in [0.1, 0.15) is 12.4 Å². The Morgan fingerprint density at radius 3 is 2.50 bits per heavy atom. The van der Waals surface area contributed by atoms with Crippen LogP contribution in [0, 0.1) is 0 Å². The molecule has 1 saturated heterocycles. The Morgan fingerprint density at radius 1 is 1.09 bits per heavy atom. The number of rotatable bonds is 8. The highest BCUT2D eigenvalue weighted by atomic mass is 16.5. The predicted octanol–water partition coefficient (Wildman–Crippen LogP) is 3.60. The fourth-order valence-corrected chi connectivity index (χ4v) is 3.62. The maximum absolute atomic E-state index is 6.18. The molecule has 0 saturated carbocycles. The van der Waals surface area contributed by atoms with Gasteiger partial charge in [0.15, 0.2) is 0 Å². The number of hydrogen-bond acceptors (Lipinski definition) is 8. The average Bonchev–Trinajstić information content (AvgIpc) is 2.84. The minimum atomic E-state index is 0.364. The summed E-state index contributed by atoms with van der Waals surface area (Å²) in [5, 5.41) is 0. The van der Waals surface area contributed by atoms with E-state index in [4.69, 9.17) is 20.2 Å². The lowest BCUT2D eigenvalue weighted by Crippen LogP contribution is -2.45. The molecular formula is C26H32N6O2. The molecular weight excluding hydrogens is 428 g/mol. The zero-order valence-electron chi connectivity index (χ0n) is 20.1. The highest BCUT2D eigenvalue weighted by Crippen LogP contribution is 2.32. The first-order valence-electron chi connectivity index (χ1n) is 11.3. The molecule has 0 bridgehead atoms. The summed E-state index contributed by atoms with van der Waals surface area (Å²) >= 11 is 0. The van der Waals surface area contributed by atoms with Crippen LogP contribution in [0.1, 0.15) is 11.1 Å². The lowest BCUT2D eigenvalue weighted by atomic mass is 10.2. The summed E-state index contributed by atoms with van der Waals surface area (Å²) in [6.45, 7) is 7.80. The fourth-order valence-electron chi connectivity index (χ4n) is 3.62. The maximum atomic E-state index is 6.18. The van der Waals surface area contributed by atoms with Crippen molar-refractivity contribution in [3.8, 4) is 17.4 Å². The molecule has 178 valence electrons. The number of likely N-dealkylation sites (N-methyl/N-ethyl adjacent to an activating group) is 1. The van der Waals surface area contributed by atoms with Crippen LogP contribution >= 0.6 is 0 Å². The Bertz CT molecular complexity index is 1120. The van der Waals surface area contributed by atoms with Gasteiger partial charge in [-0.25, -0.2) is 4.98 Å². The zero-order valence-corrected chi connectivity index (χ0v) is 20.1. The highest BCUT2D eigenvalue weighted by Gasteiger charge is 2.20. The largest absolute Gasteiger partial charge is 0.470 e. The molecule has 0 amide bonds. The Kier molecular flexibility index (Phi) is 7.18. The van der Waals surface area contributed by atoms with E-state index in [1.165, 1.54) is 0 Å². The smallest absolute Gasteiger partial charge is 0.263 e. The van der Waals surface area contributed by atoms with E-state index >= 15 is 0 Å². The summed E-state index contributed by atoms with van der Waals surface area (Å²) in [4.78, 5) is 15.8. The van der Waals surface area contributed by atoms with Crippen LogP contribution in [-0.4, -0.2) is 62.2 Å². The quantitative estimate of drug-likeness (QED) is 0.546. The van der Waals surface area contributed by atoms with E-state index < -0.39 is 0 Å². The molecule has 2 N–H and O–H groups in total. The number of nitrogens with zero attached hydrogens (tertiary/aromatic N) is 5. The molecule has 0 aliphatic carbocycles. The van der Waals surface area contributed by atoms with Gasteiger partial charge >= 0.3 is 0 Å². The van der Waals surface area contributed by atoms with Crippen molar-refractivity contribution in [3.63, 3.8) is 0 Å². The van der Waals surface area contributed by atoms with E-state index in [0.29, 0.717) is 35.6 Å². The molecule has 3 aromatic rings. The number of benzene rings is 2. The average molecular weight is 461 g/mol. The minimum Gasteiger partial charge on any atom is -0.470 e. The van der Waals surface area contributed by atoms with E-state index in [-0.39, 0.29) is 0 Å². The van der Waals surface area contributed by atoms with Gasteiger partial charge in [-0.05, 0) is 54.6 Å². The van der Waals surface area contributed by atoms with Gasteiger partial charge in [0.2, 0.25) is 11.7 Å². The molecule has 0 unspecified atom stereocenters. The molecule has 8 heteroatoms. The van der Waals surface area contributed by atoms with Crippen molar-refractivity contribution in [1.29, 1.82) is 0 Å². The van der Waals surface area contributed by atoms with Crippen LogP contribution in [0.3, 0.4) is 0 Å². The third kappa shape index (κ3) is 5.77. The molecule has 2 heterocycles. The van der Waals surface area contributed by atoms with Gasteiger partial charge in [0.05, 0.1) is 6.20 Å². The first-order valence-corrected chi connectivity index (χ1v) is 11.3. The van der Waals surface area contributed by atoms with Crippen molar-refractivity contribution in [1.82, 2.24) is 14.9 Å². The molecule has 34 heavy (non-hydrogen) atoms. The van der Waals surface area contributed by atoms with Crippen LogP contribution in [0.15, 0.2) is 61.3 Å². The summed E-state index contributed by atoms with van der Waals surface area (Å²) in [7, 11) is 6.16. The first-order chi connectivity index (χ1) is 16.4. The lowest BCUT2D eigenvalue weighted by Gasteiger charge is -2.32. The third-order valence-corrected chi connectivity index (χ3v) is 5.75. The summed E-state index contributed by atoms with van der Waals surface area (Å²) in [5.74, 6) is 2.15. The van der Waals surface area contributed by atoms with E-state index in [0.717, 1.165) is 43.0 Å². The van der Waals surface area contributed by atoms with Gasteiger partial charge in [-0.2, -0.15) is 4.98 Å². The normalized spacial score (nSPS) is 14.0. The van der Waals surface area contributed by atoms with E-state index in [1.54, 1.807) is 6.20 Å². The zero-order chi connectivity index (χ0) is 24.1. The predicted molar refractivity (Wildman–Crippen MR) is 137 cm³/mol. The summed E-state index contributed by atoms with van der Waals surface area (Å²) in [5.41, 5.74) is 9.29. The maximum Gasteiger partial charge on any atom is 0.263 e. The molecule has 8 nitrogen and oxygen atoms in total. The summed E-state index contributed by atoms with van der Waals surface area (Å²) in [6, 6.07) is 15.6. The van der Waals surface area contributed by atoms with Crippen molar-refractivity contribution in [3.05, 3.63) is 72.4 Å². The van der Waals surface area contributed by atoms with Crippen molar-refractivity contribution < 1.29 is 9.47 Å². The van der Waals surface area contributed by atoms with Crippen LogP contribution < -0.4 is 25.0 Å². The summed E-state index contributed by atoms with van der Waals surface area (Å²) < 4.78 is 12.3. The fraction of sp³-hybridized carbons (Fsp3) is 0.308. The molecule has 1 aliphatic rings. The van der Waals surface area contributed by atoms with Gasteiger partial charge < -0.3 is 29.9 Å². The van der Waals surface area contributed by atoms with E-state index in [9.17, 15) is 0 Å². The van der Waals surface area contributed by atoms with E-state index in [1.807, 2.05) is 50.5 Å². The van der Waals surface area contributed by atoms with Crippen molar-refractivity contribution >= 4 is 17.3 Å². The second-order valence-corrected chi connectivity index (χ2v) is 8.63. The van der Waals surface area contributed by atoms with Gasteiger partial charge in [-0.1, -0.05) is 18.7 Å². The first kappa shape index (κ1) is 23.4. The second kappa shape index (κ2) is 10.4. The lowest BCUT2D eigenvalue weighted by molar-refractivity contribution is 0.276. The van der Waals surface area contributed by atoms with E-state index in [2.05, 4.69) is 45.4 Å². The van der Waals surface area contributed by atoms with Gasteiger partial charge in [-0.3, -0.25) is 0 Å². The molecule has 2 aromatic carbocycles. The molecule has 0 atom stereocenters. The molecule has 0 spiro atoms. The second-order valence-electron chi connectivity index (χ2n) is 8.63. The number of aromatic nitrogens is 2. The van der Waals surface area contributed by atoms with Gasteiger partial charge in [0, 0.05) is 51.7 Å². The van der Waals surface area contributed by atoms with Crippen molar-refractivity contribution in [2.75, 3.05) is 57.1 Å². The third-order valence-electron chi connectivity index (χ3n) is 5.75.